The van der Waals surface area contributed by atoms with E-state index in [4.69, 9.17) is 4.74 Å². The highest BCUT2D eigenvalue weighted by Gasteiger charge is 2.17. The van der Waals surface area contributed by atoms with Gasteiger partial charge >= 0.3 is 5.97 Å². The Bertz CT molecular complexity index is 828. The fourth-order valence-electron chi connectivity index (χ4n) is 3.18. The van der Waals surface area contributed by atoms with Crippen LogP contribution in [0.4, 0.5) is 11.6 Å². The van der Waals surface area contributed by atoms with E-state index in [0.29, 0.717) is 29.5 Å². The second-order valence-electron chi connectivity index (χ2n) is 6.85. The number of ether oxygens (including phenoxy) is 1. The van der Waals surface area contributed by atoms with E-state index in [-0.39, 0.29) is 11.9 Å². The minimum absolute atomic E-state index is 0.301. The molecule has 148 valence electrons. The molecule has 0 unspecified atom stereocenters. The monoisotopic (exact) mass is 382 g/mol. The lowest BCUT2D eigenvalue weighted by atomic mass is 10.2. The van der Waals surface area contributed by atoms with Crippen molar-refractivity contribution in [1.82, 2.24) is 9.97 Å². The number of anilines is 2. The first-order valence-corrected chi connectivity index (χ1v) is 9.76. The van der Waals surface area contributed by atoms with Gasteiger partial charge in [-0.05, 0) is 57.0 Å². The highest BCUT2D eigenvalue weighted by molar-refractivity contribution is 6.03. The van der Waals surface area contributed by atoms with Gasteiger partial charge in [0.2, 0.25) is 5.95 Å². The number of nitrogens with one attached hydrogen (secondary N) is 1. The minimum Gasteiger partial charge on any atom is -0.462 e. The van der Waals surface area contributed by atoms with Gasteiger partial charge in [0.05, 0.1) is 12.2 Å². The second kappa shape index (κ2) is 9.30. The van der Waals surface area contributed by atoms with Gasteiger partial charge in [0.15, 0.2) is 0 Å². The molecule has 0 aliphatic carbocycles. The molecule has 7 nitrogen and oxygen atoms in total. The first-order valence-electron chi connectivity index (χ1n) is 9.76. The Balaban J connectivity index is 1.72. The summed E-state index contributed by atoms with van der Waals surface area (Å²) in [5.74, 6) is -0.0657. The Hall–Kier alpha value is -2.96. The third-order valence-electron chi connectivity index (χ3n) is 4.62. The van der Waals surface area contributed by atoms with Crippen molar-refractivity contribution in [3.8, 4) is 0 Å². The predicted molar refractivity (Wildman–Crippen MR) is 108 cm³/mol. The number of hydrogen-bond acceptors (Lipinski definition) is 6. The van der Waals surface area contributed by atoms with Crippen LogP contribution < -0.4 is 10.2 Å². The minimum atomic E-state index is -0.381. The Morgan fingerprint density at radius 1 is 1.07 bits per heavy atom. The Morgan fingerprint density at radius 2 is 1.75 bits per heavy atom. The molecule has 1 aromatic carbocycles. The summed E-state index contributed by atoms with van der Waals surface area (Å²) in [7, 11) is 0. The van der Waals surface area contributed by atoms with Crippen molar-refractivity contribution in [2.24, 2.45) is 0 Å². The third kappa shape index (κ3) is 5.06. The van der Waals surface area contributed by atoms with Gasteiger partial charge in [0.25, 0.3) is 5.91 Å². The smallest absolute Gasteiger partial charge is 0.338 e. The number of rotatable bonds is 5. The molecule has 7 heteroatoms. The van der Waals surface area contributed by atoms with Gasteiger partial charge in [-0.1, -0.05) is 12.8 Å². The summed E-state index contributed by atoms with van der Waals surface area (Å²) < 4.78 is 4.96. The lowest BCUT2D eigenvalue weighted by Gasteiger charge is -2.21. The fraction of sp³-hybridized carbons (Fsp3) is 0.429. The van der Waals surface area contributed by atoms with E-state index in [1.54, 1.807) is 37.3 Å². The molecule has 1 N–H and O–H groups in total. The van der Waals surface area contributed by atoms with Crippen LogP contribution in [0.2, 0.25) is 0 Å². The van der Waals surface area contributed by atoms with Crippen LogP contribution in [0.15, 0.2) is 30.3 Å². The van der Waals surface area contributed by atoms with Crippen LogP contribution in [0.3, 0.4) is 0 Å². The van der Waals surface area contributed by atoms with Crippen molar-refractivity contribution in [3.63, 3.8) is 0 Å². The van der Waals surface area contributed by atoms with E-state index >= 15 is 0 Å². The summed E-state index contributed by atoms with van der Waals surface area (Å²) in [5, 5.41) is 2.83. The molecule has 2 aromatic rings. The summed E-state index contributed by atoms with van der Waals surface area (Å²) in [4.78, 5) is 35.6. The number of aryl methyl sites for hydroxylation is 1. The molecule has 1 saturated heterocycles. The van der Waals surface area contributed by atoms with Gasteiger partial charge in [-0.25, -0.2) is 14.8 Å². The third-order valence-corrected chi connectivity index (χ3v) is 4.62. The molecular formula is C21H26N4O3. The number of hydrogen-bond donors (Lipinski definition) is 1. The van der Waals surface area contributed by atoms with Gasteiger partial charge in [-0.3, -0.25) is 4.79 Å². The second-order valence-corrected chi connectivity index (χ2v) is 6.85. The number of carbonyl (C=O) groups excluding carboxylic acids is 2. The van der Waals surface area contributed by atoms with E-state index in [9.17, 15) is 9.59 Å². The van der Waals surface area contributed by atoms with Crippen molar-refractivity contribution in [1.29, 1.82) is 0 Å². The SMILES string of the molecule is CCOC(=O)c1ccc(NC(=O)c2cc(C)nc(N3CCCCCC3)n2)cc1. The zero-order valence-electron chi connectivity index (χ0n) is 16.4. The van der Waals surface area contributed by atoms with Crippen LogP contribution >= 0.6 is 0 Å². The average molecular weight is 382 g/mol. The van der Waals surface area contributed by atoms with Gasteiger partial charge in [-0.15, -0.1) is 0 Å². The quantitative estimate of drug-likeness (QED) is 0.796. The standard InChI is InChI=1S/C21H26N4O3/c1-3-28-20(27)16-8-10-17(11-9-16)23-19(26)18-14-15(2)22-21(24-18)25-12-6-4-5-7-13-25/h8-11,14H,3-7,12-13H2,1-2H3,(H,23,26). The Kier molecular flexibility index (Phi) is 6.57. The first-order chi connectivity index (χ1) is 13.6. The van der Waals surface area contributed by atoms with Gasteiger partial charge in [0.1, 0.15) is 5.69 Å². The van der Waals surface area contributed by atoms with Crippen LogP contribution in [-0.4, -0.2) is 41.5 Å². The maximum Gasteiger partial charge on any atom is 0.338 e. The molecule has 2 heterocycles. The van der Waals surface area contributed by atoms with Crippen LogP contribution in [0.25, 0.3) is 0 Å². The van der Waals surface area contributed by atoms with Crippen LogP contribution in [0.1, 0.15) is 59.1 Å². The molecule has 0 saturated carbocycles. The molecule has 0 spiro atoms. The average Bonchev–Trinajstić information content (AvgIpc) is 2.98. The Morgan fingerprint density at radius 3 is 2.39 bits per heavy atom. The summed E-state index contributed by atoms with van der Waals surface area (Å²) in [6, 6.07) is 8.29. The molecule has 1 aliphatic rings. The molecule has 3 rings (SSSR count). The van der Waals surface area contributed by atoms with Gasteiger partial charge in [0, 0.05) is 24.5 Å². The summed E-state index contributed by atoms with van der Waals surface area (Å²) >= 11 is 0. The van der Waals surface area contributed by atoms with Crippen molar-refractivity contribution >= 4 is 23.5 Å². The lowest BCUT2D eigenvalue weighted by Crippen LogP contribution is -2.27. The lowest BCUT2D eigenvalue weighted by molar-refractivity contribution is 0.0526. The molecule has 0 bridgehead atoms. The Labute approximate surface area is 165 Å². The van der Waals surface area contributed by atoms with Crippen molar-refractivity contribution in [2.45, 2.75) is 39.5 Å². The van der Waals surface area contributed by atoms with E-state index in [1.807, 2.05) is 6.92 Å². The largest absolute Gasteiger partial charge is 0.462 e. The fourth-order valence-corrected chi connectivity index (χ4v) is 3.18. The zero-order valence-corrected chi connectivity index (χ0v) is 16.4. The molecule has 1 amide bonds. The number of carbonyl (C=O) groups is 2. The predicted octanol–water partition coefficient (Wildman–Crippen LogP) is 3.59. The summed E-state index contributed by atoms with van der Waals surface area (Å²) in [6.07, 6.45) is 4.67. The number of aromatic nitrogens is 2. The normalized spacial score (nSPS) is 14.3. The number of nitrogens with zero attached hydrogens (tertiary/aromatic N) is 3. The number of amides is 1. The van der Waals surface area contributed by atoms with E-state index in [2.05, 4.69) is 20.2 Å². The number of benzene rings is 1. The highest BCUT2D eigenvalue weighted by atomic mass is 16.5. The molecule has 1 fully saturated rings. The molecule has 1 aliphatic heterocycles. The van der Waals surface area contributed by atoms with E-state index < -0.39 is 0 Å². The molecular weight excluding hydrogens is 356 g/mol. The number of esters is 1. The zero-order chi connectivity index (χ0) is 19.9. The maximum atomic E-state index is 12.7. The van der Waals surface area contributed by atoms with Crippen LogP contribution in [0.5, 0.6) is 0 Å². The van der Waals surface area contributed by atoms with Gasteiger partial charge in [-0.2, -0.15) is 0 Å². The first kappa shape index (κ1) is 19.8. The molecule has 0 atom stereocenters. The molecule has 1 aromatic heterocycles. The van der Waals surface area contributed by atoms with Crippen LogP contribution in [-0.2, 0) is 4.74 Å². The highest BCUT2D eigenvalue weighted by Crippen LogP contribution is 2.18. The van der Waals surface area contributed by atoms with Crippen molar-refractivity contribution in [2.75, 3.05) is 29.9 Å². The van der Waals surface area contributed by atoms with Crippen molar-refractivity contribution in [3.05, 3.63) is 47.3 Å². The van der Waals surface area contributed by atoms with Crippen LogP contribution in [0, 0.1) is 6.92 Å². The van der Waals surface area contributed by atoms with E-state index in [1.165, 1.54) is 12.8 Å². The topological polar surface area (TPSA) is 84.4 Å². The molecule has 0 radical (unpaired) electrons. The summed E-state index contributed by atoms with van der Waals surface area (Å²) in [6.45, 7) is 5.79. The maximum absolute atomic E-state index is 12.7. The molecule has 28 heavy (non-hydrogen) atoms. The van der Waals surface area contributed by atoms with Crippen molar-refractivity contribution < 1.29 is 14.3 Å². The van der Waals surface area contributed by atoms with E-state index in [0.717, 1.165) is 31.6 Å². The summed E-state index contributed by atoms with van der Waals surface area (Å²) in [5.41, 5.74) is 2.13. The van der Waals surface area contributed by atoms with Gasteiger partial charge < -0.3 is 15.0 Å².